The number of carbonyl (C=O) groups is 1. The molecule has 1 unspecified atom stereocenters. The third kappa shape index (κ3) is 2.64. The van der Waals surface area contributed by atoms with Gasteiger partial charge in [-0.3, -0.25) is 4.79 Å². The maximum atomic E-state index is 13.9. The summed E-state index contributed by atoms with van der Waals surface area (Å²) in [7, 11) is 0. The number of carboxylic acid groups (broad SMARTS) is 1. The van der Waals surface area contributed by atoms with Crippen LogP contribution >= 0.6 is 11.8 Å². The predicted octanol–water partition coefficient (Wildman–Crippen LogP) is 3.71. The fourth-order valence-electron chi connectivity index (χ4n) is 2.82. The van der Waals surface area contributed by atoms with E-state index in [1.54, 1.807) is 6.07 Å². The minimum Gasteiger partial charge on any atom is -0.481 e. The normalized spacial score (nSPS) is 16.9. The van der Waals surface area contributed by atoms with E-state index in [1.165, 1.54) is 25.3 Å². The van der Waals surface area contributed by atoms with Crippen LogP contribution in [0.5, 0.6) is 0 Å². The van der Waals surface area contributed by atoms with Gasteiger partial charge in [-0.2, -0.15) is 0 Å². The predicted molar refractivity (Wildman–Crippen MR) is 80.1 cm³/mol. The number of hydrogen-bond acceptors (Lipinski definition) is 3. The Balaban J connectivity index is 2.06. The molecule has 1 fully saturated rings. The fourth-order valence-corrected chi connectivity index (χ4v) is 3.63. The van der Waals surface area contributed by atoms with Crippen molar-refractivity contribution < 1.29 is 14.3 Å². The first kappa shape index (κ1) is 14.4. The Labute approximate surface area is 126 Å². The number of imidazole rings is 1. The summed E-state index contributed by atoms with van der Waals surface area (Å²) in [4.78, 5) is 15.1. The third-order valence-electron chi connectivity index (χ3n) is 4.20. The van der Waals surface area contributed by atoms with Crippen molar-refractivity contribution in [3.63, 3.8) is 0 Å². The van der Waals surface area contributed by atoms with Crippen molar-refractivity contribution in [2.45, 2.75) is 37.4 Å². The standard InChI is InChI=1S/C15H17FN2O2S/c1-9(10-4-2-5-10)18-12-7-3-6-11(16)14(12)17-15(18)21-8-13(19)20/h3,6-7,9-10H,2,4-5,8H2,1H3,(H,19,20). The lowest BCUT2D eigenvalue weighted by Gasteiger charge is -2.33. The Bertz CT molecular complexity index is 682. The summed E-state index contributed by atoms with van der Waals surface area (Å²) in [5.74, 6) is -0.753. The van der Waals surface area contributed by atoms with E-state index in [9.17, 15) is 9.18 Å². The molecule has 4 nitrogen and oxygen atoms in total. The molecule has 112 valence electrons. The van der Waals surface area contributed by atoms with Crippen molar-refractivity contribution in [2.24, 2.45) is 5.92 Å². The van der Waals surface area contributed by atoms with Crippen molar-refractivity contribution in [2.75, 3.05) is 5.75 Å². The zero-order valence-electron chi connectivity index (χ0n) is 11.8. The molecule has 0 radical (unpaired) electrons. The molecular weight excluding hydrogens is 291 g/mol. The van der Waals surface area contributed by atoms with Crippen molar-refractivity contribution in [1.29, 1.82) is 0 Å². The monoisotopic (exact) mass is 308 g/mol. The molecule has 2 aromatic rings. The summed E-state index contributed by atoms with van der Waals surface area (Å²) in [6, 6.07) is 5.13. The highest BCUT2D eigenvalue weighted by molar-refractivity contribution is 7.99. The molecule has 1 saturated carbocycles. The second kappa shape index (κ2) is 5.67. The molecule has 1 aromatic heterocycles. The van der Waals surface area contributed by atoms with Crippen LogP contribution in [0, 0.1) is 11.7 Å². The molecular formula is C15H17FN2O2S. The largest absolute Gasteiger partial charge is 0.481 e. The summed E-state index contributed by atoms with van der Waals surface area (Å²) >= 11 is 1.16. The summed E-state index contributed by atoms with van der Waals surface area (Å²) in [6.45, 7) is 2.11. The van der Waals surface area contributed by atoms with Gasteiger partial charge < -0.3 is 9.67 Å². The zero-order valence-corrected chi connectivity index (χ0v) is 12.6. The Morgan fingerprint density at radius 3 is 2.95 bits per heavy atom. The van der Waals surface area contributed by atoms with Gasteiger partial charge in [-0.15, -0.1) is 0 Å². The summed E-state index contributed by atoms with van der Waals surface area (Å²) < 4.78 is 15.9. The lowest BCUT2D eigenvalue weighted by molar-refractivity contribution is -0.133. The molecule has 1 aromatic carbocycles. The molecule has 1 atom stereocenters. The van der Waals surface area contributed by atoms with E-state index in [-0.39, 0.29) is 17.6 Å². The summed E-state index contributed by atoms with van der Waals surface area (Å²) in [5, 5.41) is 9.46. The maximum absolute atomic E-state index is 13.9. The van der Waals surface area contributed by atoms with Crippen LogP contribution in [0.1, 0.15) is 32.2 Å². The van der Waals surface area contributed by atoms with E-state index in [1.807, 2.05) is 10.6 Å². The lowest BCUT2D eigenvalue weighted by atomic mass is 9.80. The maximum Gasteiger partial charge on any atom is 0.313 e. The van der Waals surface area contributed by atoms with Crippen LogP contribution in [0.4, 0.5) is 4.39 Å². The van der Waals surface area contributed by atoms with Gasteiger partial charge in [0.1, 0.15) is 5.52 Å². The number of rotatable bonds is 5. The SMILES string of the molecule is CC(C1CCC1)n1c(SCC(=O)O)nc2c(F)cccc21. The molecule has 1 aliphatic rings. The van der Waals surface area contributed by atoms with E-state index in [0.29, 0.717) is 16.6 Å². The summed E-state index contributed by atoms with van der Waals surface area (Å²) in [6.07, 6.45) is 3.56. The number of aliphatic carboxylic acids is 1. The number of benzene rings is 1. The van der Waals surface area contributed by atoms with Crippen LogP contribution in [-0.4, -0.2) is 26.4 Å². The first-order valence-electron chi connectivity index (χ1n) is 7.09. The number of carboxylic acids is 1. The Morgan fingerprint density at radius 1 is 1.57 bits per heavy atom. The van der Waals surface area contributed by atoms with Gasteiger partial charge in [0.25, 0.3) is 0 Å². The van der Waals surface area contributed by atoms with Crippen LogP contribution in [0.2, 0.25) is 0 Å². The van der Waals surface area contributed by atoms with Crippen LogP contribution in [0.3, 0.4) is 0 Å². The number of fused-ring (bicyclic) bond motifs is 1. The quantitative estimate of drug-likeness (QED) is 0.855. The zero-order chi connectivity index (χ0) is 15.0. The number of hydrogen-bond donors (Lipinski definition) is 1. The molecule has 0 saturated heterocycles. The molecule has 6 heteroatoms. The molecule has 3 rings (SSSR count). The first-order chi connectivity index (χ1) is 10.1. The molecule has 21 heavy (non-hydrogen) atoms. The number of halogens is 1. The van der Waals surface area contributed by atoms with E-state index in [2.05, 4.69) is 11.9 Å². The van der Waals surface area contributed by atoms with E-state index >= 15 is 0 Å². The van der Waals surface area contributed by atoms with Gasteiger partial charge in [-0.25, -0.2) is 9.37 Å². The van der Waals surface area contributed by atoms with Gasteiger partial charge in [-0.1, -0.05) is 24.2 Å². The fraction of sp³-hybridized carbons (Fsp3) is 0.467. The number of thioether (sulfide) groups is 1. The average Bonchev–Trinajstić information content (AvgIpc) is 2.74. The van der Waals surface area contributed by atoms with Crippen LogP contribution in [-0.2, 0) is 4.79 Å². The Morgan fingerprint density at radius 2 is 2.33 bits per heavy atom. The van der Waals surface area contributed by atoms with Gasteiger partial charge in [0.2, 0.25) is 0 Å². The smallest absolute Gasteiger partial charge is 0.313 e. The van der Waals surface area contributed by atoms with Gasteiger partial charge in [0.15, 0.2) is 11.0 Å². The highest BCUT2D eigenvalue weighted by Crippen LogP contribution is 2.40. The molecule has 0 spiro atoms. The van der Waals surface area contributed by atoms with Crippen LogP contribution in [0.15, 0.2) is 23.4 Å². The third-order valence-corrected chi connectivity index (χ3v) is 5.14. The Kier molecular flexibility index (Phi) is 3.89. The van der Waals surface area contributed by atoms with Crippen LogP contribution < -0.4 is 0 Å². The molecule has 1 heterocycles. The topological polar surface area (TPSA) is 55.1 Å². The van der Waals surface area contributed by atoms with Gasteiger partial charge >= 0.3 is 5.97 Å². The van der Waals surface area contributed by atoms with E-state index < -0.39 is 5.97 Å². The average molecular weight is 308 g/mol. The lowest BCUT2D eigenvalue weighted by Crippen LogP contribution is -2.23. The van der Waals surface area contributed by atoms with Crippen LogP contribution in [0.25, 0.3) is 11.0 Å². The van der Waals surface area contributed by atoms with Crippen molar-refractivity contribution in [3.05, 3.63) is 24.0 Å². The van der Waals surface area contributed by atoms with Gasteiger partial charge in [-0.05, 0) is 37.8 Å². The molecule has 0 bridgehead atoms. The van der Waals surface area contributed by atoms with Gasteiger partial charge in [0, 0.05) is 6.04 Å². The molecule has 1 aliphatic carbocycles. The van der Waals surface area contributed by atoms with E-state index in [4.69, 9.17) is 5.11 Å². The highest BCUT2D eigenvalue weighted by atomic mass is 32.2. The second-order valence-corrected chi connectivity index (χ2v) is 6.43. The number of aromatic nitrogens is 2. The minimum absolute atomic E-state index is 0.0671. The Hall–Kier alpha value is -1.56. The van der Waals surface area contributed by atoms with Crippen molar-refractivity contribution >= 4 is 28.8 Å². The van der Waals surface area contributed by atoms with Crippen molar-refractivity contribution in [1.82, 2.24) is 9.55 Å². The van der Waals surface area contributed by atoms with Crippen molar-refractivity contribution in [3.8, 4) is 0 Å². The second-order valence-electron chi connectivity index (χ2n) is 5.49. The van der Waals surface area contributed by atoms with E-state index in [0.717, 1.165) is 17.3 Å². The molecule has 1 N–H and O–H groups in total. The summed E-state index contributed by atoms with van der Waals surface area (Å²) in [5.41, 5.74) is 1.08. The first-order valence-corrected chi connectivity index (χ1v) is 8.07. The number of nitrogens with zero attached hydrogens (tertiary/aromatic N) is 2. The highest BCUT2D eigenvalue weighted by Gasteiger charge is 2.28. The minimum atomic E-state index is -0.893. The molecule has 0 aliphatic heterocycles. The number of para-hydroxylation sites is 1. The molecule has 0 amide bonds. The van der Waals surface area contributed by atoms with Gasteiger partial charge in [0.05, 0.1) is 11.3 Å².